The SMILES string of the molecule is CC(C)(C)OC(=O)N(CCCCC=O)CCc1cc(-c2ccc3c(c2)CC(C)(C)O3)ccc1Cl. The van der Waals surface area contributed by atoms with Crippen LogP contribution in [0.2, 0.25) is 5.02 Å². The van der Waals surface area contributed by atoms with Crippen LogP contribution in [0.4, 0.5) is 4.79 Å². The van der Waals surface area contributed by atoms with Gasteiger partial charge >= 0.3 is 6.09 Å². The van der Waals surface area contributed by atoms with E-state index in [9.17, 15) is 9.59 Å². The number of halogens is 1. The summed E-state index contributed by atoms with van der Waals surface area (Å²) in [7, 11) is 0. The fourth-order valence-corrected chi connectivity index (χ4v) is 4.35. The third kappa shape index (κ3) is 7.23. The average molecular weight is 486 g/mol. The summed E-state index contributed by atoms with van der Waals surface area (Å²) in [4.78, 5) is 25.1. The lowest BCUT2D eigenvalue weighted by Crippen LogP contribution is -2.38. The molecule has 6 heteroatoms. The van der Waals surface area contributed by atoms with Crippen molar-refractivity contribution in [2.75, 3.05) is 13.1 Å². The van der Waals surface area contributed by atoms with Gasteiger partial charge in [-0.25, -0.2) is 4.79 Å². The van der Waals surface area contributed by atoms with E-state index >= 15 is 0 Å². The number of fused-ring (bicyclic) bond motifs is 1. The maximum atomic E-state index is 12.8. The first-order valence-corrected chi connectivity index (χ1v) is 12.4. The molecule has 1 heterocycles. The molecule has 184 valence electrons. The molecule has 0 N–H and O–H groups in total. The van der Waals surface area contributed by atoms with Gasteiger partial charge in [-0.2, -0.15) is 0 Å². The number of amides is 1. The van der Waals surface area contributed by atoms with Gasteiger partial charge in [0.25, 0.3) is 0 Å². The van der Waals surface area contributed by atoms with Crippen molar-refractivity contribution in [3.05, 3.63) is 52.5 Å². The number of hydrogen-bond acceptors (Lipinski definition) is 4. The third-order valence-electron chi connectivity index (χ3n) is 5.74. The highest BCUT2D eigenvalue weighted by Gasteiger charge is 2.30. The summed E-state index contributed by atoms with van der Waals surface area (Å²) in [5.41, 5.74) is 3.66. The minimum Gasteiger partial charge on any atom is -0.487 e. The molecule has 1 amide bonds. The Labute approximate surface area is 208 Å². The Morgan fingerprint density at radius 3 is 2.53 bits per heavy atom. The maximum Gasteiger partial charge on any atom is 0.410 e. The molecule has 0 fully saturated rings. The number of rotatable bonds is 9. The zero-order chi connectivity index (χ0) is 24.9. The molecule has 1 aliphatic rings. The lowest BCUT2D eigenvalue weighted by atomic mass is 9.96. The molecule has 0 atom stereocenters. The van der Waals surface area contributed by atoms with E-state index in [1.54, 1.807) is 4.90 Å². The largest absolute Gasteiger partial charge is 0.487 e. The van der Waals surface area contributed by atoms with Gasteiger partial charge < -0.3 is 19.2 Å². The van der Waals surface area contributed by atoms with Crippen LogP contribution in [-0.2, 0) is 22.4 Å². The van der Waals surface area contributed by atoms with Gasteiger partial charge in [-0.3, -0.25) is 0 Å². The van der Waals surface area contributed by atoms with Crippen LogP contribution >= 0.6 is 11.6 Å². The quantitative estimate of drug-likeness (QED) is 0.287. The molecule has 3 rings (SSSR count). The van der Waals surface area contributed by atoms with E-state index in [0.29, 0.717) is 31.0 Å². The van der Waals surface area contributed by atoms with Crippen molar-refractivity contribution in [2.24, 2.45) is 0 Å². The van der Waals surface area contributed by atoms with Crippen LogP contribution in [0.5, 0.6) is 5.75 Å². The number of carbonyl (C=O) groups is 2. The second-order valence-corrected chi connectivity index (χ2v) is 11.0. The molecule has 2 aromatic rings. The molecule has 2 aromatic carbocycles. The van der Waals surface area contributed by atoms with Crippen molar-refractivity contribution in [2.45, 2.75) is 77.9 Å². The van der Waals surface area contributed by atoms with Crippen molar-refractivity contribution in [1.29, 1.82) is 0 Å². The first-order valence-electron chi connectivity index (χ1n) is 12.0. The molecule has 1 aliphatic heterocycles. The van der Waals surface area contributed by atoms with Gasteiger partial charge in [-0.1, -0.05) is 23.7 Å². The van der Waals surface area contributed by atoms with Crippen molar-refractivity contribution < 1.29 is 19.1 Å². The summed E-state index contributed by atoms with van der Waals surface area (Å²) < 4.78 is 11.6. The summed E-state index contributed by atoms with van der Waals surface area (Å²) >= 11 is 6.54. The number of nitrogens with zero attached hydrogens (tertiary/aromatic N) is 1. The van der Waals surface area contributed by atoms with Gasteiger partial charge in [0.1, 0.15) is 23.2 Å². The van der Waals surface area contributed by atoms with E-state index in [1.165, 1.54) is 5.56 Å². The molecule has 0 spiro atoms. The zero-order valence-electron chi connectivity index (χ0n) is 20.9. The van der Waals surface area contributed by atoms with Crippen LogP contribution in [0.25, 0.3) is 11.1 Å². The first-order chi connectivity index (χ1) is 16.0. The number of unbranched alkanes of at least 4 members (excludes halogenated alkanes) is 2. The van der Waals surface area contributed by atoms with E-state index in [1.807, 2.05) is 39.0 Å². The monoisotopic (exact) mass is 485 g/mol. The fourth-order valence-electron chi connectivity index (χ4n) is 4.14. The Kier molecular flexibility index (Phi) is 8.29. The van der Waals surface area contributed by atoms with Crippen LogP contribution in [0.15, 0.2) is 36.4 Å². The van der Waals surface area contributed by atoms with E-state index in [2.05, 4.69) is 32.0 Å². The van der Waals surface area contributed by atoms with Crippen LogP contribution in [0.3, 0.4) is 0 Å². The molecule has 0 saturated carbocycles. The van der Waals surface area contributed by atoms with E-state index in [-0.39, 0.29) is 11.7 Å². The molecule has 34 heavy (non-hydrogen) atoms. The Morgan fingerprint density at radius 2 is 1.82 bits per heavy atom. The minimum atomic E-state index is -0.568. The molecular weight excluding hydrogens is 450 g/mol. The zero-order valence-corrected chi connectivity index (χ0v) is 21.7. The predicted molar refractivity (Wildman–Crippen MR) is 137 cm³/mol. The predicted octanol–water partition coefficient (Wildman–Crippen LogP) is 6.87. The fraction of sp³-hybridized carbons (Fsp3) is 0.500. The third-order valence-corrected chi connectivity index (χ3v) is 6.11. The van der Waals surface area contributed by atoms with Crippen molar-refractivity contribution >= 4 is 24.0 Å². The van der Waals surface area contributed by atoms with Crippen LogP contribution < -0.4 is 4.74 Å². The molecule has 0 radical (unpaired) electrons. The van der Waals surface area contributed by atoms with Gasteiger partial charge in [0.2, 0.25) is 0 Å². The molecule has 0 saturated heterocycles. The minimum absolute atomic E-state index is 0.178. The number of carbonyl (C=O) groups excluding carboxylic acids is 2. The average Bonchev–Trinajstić information content (AvgIpc) is 3.05. The summed E-state index contributed by atoms with van der Waals surface area (Å²) in [5, 5.41) is 0.680. The standard InChI is InChI=1S/C28H36ClNO4/c1-27(2,3)34-26(32)30(14-7-6-8-16-31)15-13-22-17-20(9-11-24(22)29)21-10-12-25-23(18-21)19-28(4,5)33-25/h9-12,16-18H,6-8,13-15,19H2,1-5H3. The first kappa shape index (κ1) is 26.1. The highest BCUT2D eigenvalue weighted by atomic mass is 35.5. The Bertz CT molecular complexity index is 1030. The second-order valence-electron chi connectivity index (χ2n) is 10.5. The van der Waals surface area contributed by atoms with E-state index in [4.69, 9.17) is 21.1 Å². The summed E-state index contributed by atoms with van der Waals surface area (Å²) in [6.07, 6.45) is 4.06. The Balaban J connectivity index is 1.74. The van der Waals surface area contributed by atoms with Gasteiger partial charge in [-0.05, 0) is 100 Å². The molecular formula is C28H36ClNO4. The Morgan fingerprint density at radius 1 is 1.12 bits per heavy atom. The number of aldehydes is 1. The highest BCUT2D eigenvalue weighted by molar-refractivity contribution is 6.31. The lowest BCUT2D eigenvalue weighted by molar-refractivity contribution is -0.107. The van der Waals surface area contributed by atoms with Gasteiger partial charge in [0, 0.05) is 31.0 Å². The highest BCUT2D eigenvalue weighted by Crippen LogP contribution is 2.37. The van der Waals surface area contributed by atoms with Crippen LogP contribution in [0, 0.1) is 0 Å². The number of benzene rings is 2. The van der Waals surface area contributed by atoms with Crippen molar-refractivity contribution in [3.8, 4) is 16.9 Å². The van der Waals surface area contributed by atoms with Gasteiger partial charge in [0.05, 0.1) is 0 Å². The molecule has 0 aromatic heterocycles. The van der Waals surface area contributed by atoms with Gasteiger partial charge in [0.15, 0.2) is 0 Å². The smallest absolute Gasteiger partial charge is 0.410 e. The molecule has 0 aliphatic carbocycles. The normalized spacial score (nSPS) is 14.3. The maximum absolute atomic E-state index is 12.8. The number of hydrogen-bond donors (Lipinski definition) is 0. The van der Waals surface area contributed by atoms with E-state index in [0.717, 1.165) is 48.0 Å². The lowest BCUT2D eigenvalue weighted by Gasteiger charge is -2.27. The molecule has 0 bridgehead atoms. The van der Waals surface area contributed by atoms with Crippen LogP contribution in [-0.4, -0.2) is 41.6 Å². The van der Waals surface area contributed by atoms with E-state index < -0.39 is 5.60 Å². The summed E-state index contributed by atoms with van der Waals surface area (Å²) in [5.74, 6) is 0.950. The van der Waals surface area contributed by atoms with Gasteiger partial charge in [-0.15, -0.1) is 0 Å². The number of ether oxygens (including phenoxy) is 2. The van der Waals surface area contributed by atoms with Crippen LogP contribution in [0.1, 0.15) is 65.0 Å². The topological polar surface area (TPSA) is 55.8 Å². The van der Waals surface area contributed by atoms with Crippen molar-refractivity contribution in [3.63, 3.8) is 0 Å². The molecule has 0 unspecified atom stereocenters. The Hall–Kier alpha value is -2.53. The summed E-state index contributed by atoms with van der Waals surface area (Å²) in [6, 6.07) is 12.4. The second kappa shape index (κ2) is 10.8. The van der Waals surface area contributed by atoms with Crippen molar-refractivity contribution in [1.82, 2.24) is 4.90 Å². The molecule has 5 nitrogen and oxygen atoms in total. The summed E-state index contributed by atoms with van der Waals surface area (Å²) in [6.45, 7) is 10.8.